The van der Waals surface area contributed by atoms with Crippen LogP contribution in [0.4, 0.5) is 8.78 Å². The van der Waals surface area contributed by atoms with E-state index in [9.17, 15) is 13.6 Å². The summed E-state index contributed by atoms with van der Waals surface area (Å²) in [6.07, 6.45) is 1.62. The van der Waals surface area contributed by atoms with E-state index >= 15 is 0 Å². The van der Waals surface area contributed by atoms with E-state index in [-0.39, 0.29) is 17.7 Å². The first-order chi connectivity index (χ1) is 11.0. The molecule has 3 aromatic rings. The molecule has 1 aromatic carbocycles. The molecule has 0 saturated heterocycles. The van der Waals surface area contributed by atoms with E-state index in [1.807, 2.05) is 0 Å². The molecule has 0 fully saturated rings. The van der Waals surface area contributed by atoms with Gasteiger partial charge in [0.2, 0.25) is 0 Å². The summed E-state index contributed by atoms with van der Waals surface area (Å²) in [4.78, 5) is 12.0. The normalized spacial score (nSPS) is 11.0. The van der Waals surface area contributed by atoms with Crippen LogP contribution in [-0.4, -0.2) is 9.72 Å². The Balaban J connectivity index is 2.03. The zero-order valence-corrected chi connectivity index (χ0v) is 12.6. The van der Waals surface area contributed by atoms with Crippen molar-refractivity contribution < 1.29 is 13.3 Å². The predicted octanol–water partition coefficient (Wildman–Crippen LogP) is 3.45. The van der Waals surface area contributed by atoms with Gasteiger partial charge in [0.1, 0.15) is 17.4 Å². The highest BCUT2D eigenvalue weighted by Crippen LogP contribution is 2.25. The summed E-state index contributed by atoms with van der Waals surface area (Å²) in [5.41, 5.74) is 2.23. The highest BCUT2D eigenvalue weighted by molar-refractivity contribution is 5.66. The van der Waals surface area contributed by atoms with Crippen molar-refractivity contribution in [3.05, 3.63) is 75.5 Å². The summed E-state index contributed by atoms with van der Waals surface area (Å²) >= 11 is 0. The van der Waals surface area contributed by atoms with Gasteiger partial charge in [-0.2, -0.15) is 0 Å². The lowest BCUT2D eigenvalue weighted by Gasteiger charge is -2.09. The number of pyridine rings is 1. The van der Waals surface area contributed by atoms with Gasteiger partial charge >= 0.3 is 0 Å². The number of halogens is 2. The van der Waals surface area contributed by atoms with E-state index < -0.39 is 11.6 Å². The molecular weight excluding hydrogens is 302 g/mol. The molecule has 6 heteroatoms. The molecule has 0 saturated carbocycles. The van der Waals surface area contributed by atoms with E-state index in [1.165, 1.54) is 22.8 Å². The lowest BCUT2D eigenvalue weighted by Crippen LogP contribution is -2.19. The molecule has 2 aromatic heterocycles. The number of hydrogen-bond donors (Lipinski definition) is 0. The van der Waals surface area contributed by atoms with Crippen LogP contribution in [0.5, 0.6) is 0 Å². The summed E-state index contributed by atoms with van der Waals surface area (Å²) in [6.45, 7) is 3.60. The van der Waals surface area contributed by atoms with Crippen molar-refractivity contribution >= 4 is 0 Å². The summed E-state index contributed by atoms with van der Waals surface area (Å²) in [5.74, 6) is -0.691. The maximum Gasteiger partial charge on any atom is 0.250 e. The van der Waals surface area contributed by atoms with Gasteiger partial charge in [0.25, 0.3) is 5.56 Å². The number of aryl methyl sites for hydroxylation is 2. The van der Waals surface area contributed by atoms with Crippen LogP contribution >= 0.6 is 0 Å². The van der Waals surface area contributed by atoms with E-state index in [2.05, 4.69) is 5.16 Å². The summed E-state index contributed by atoms with van der Waals surface area (Å²) in [6, 6.07) is 6.38. The third kappa shape index (κ3) is 2.92. The molecule has 0 amide bonds. The Morgan fingerprint density at radius 2 is 1.96 bits per heavy atom. The number of rotatable bonds is 3. The van der Waals surface area contributed by atoms with Crippen molar-refractivity contribution in [2.45, 2.75) is 20.4 Å². The second-order valence-corrected chi connectivity index (χ2v) is 5.32. The van der Waals surface area contributed by atoms with Gasteiger partial charge in [-0.3, -0.25) is 4.79 Å². The van der Waals surface area contributed by atoms with Crippen molar-refractivity contribution in [2.24, 2.45) is 0 Å². The average molecular weight is 316 g/mol. The molecule has 0 N–H and O–H groups in total. The van der Waals surface area contributed by atoms with Crippen LogP contribution in [0.15, 0.2) is 45.8 Å². The molecule has 0 spiro atoms. The molecule has 0 aliphatic heterocycles. The second kappa shape index (κ2) is 5.79. The summed E-state index contributed by atoms with van der Waals surface area (Å²) < 4.78 is 33.3. The SMILES string of the molecule is Cc1noc(C)c1-c1ccc(=O)n(Cc2ccc(F)cc2F)c1. The van der Waals surface area contributed by atoms with Crippen molar-refractivity contribution in [1.82, 2.24) is 9.72 Å². The Morgan fingerprint density at radius 1 is 1.17 bits per heavy atom. The second-order valence-electron chi connectivity index (χ2n) is 5.32. The minimum absolute atomic E-state index is 0.0160. The molecule has 0 radical (unpaired) electrons. The largest absolute Gasteiger partial charge is 0.361 e. The van der Waals surface area contributed by atoms with Gasteiger partial charge in [0, 0.05) is 35.0 Å². The van der Waals surface area contributed by atoms with Crippen LogP contribution in [0.3, 0.4) is 0 Å². The number of aromatic nitrogens is 2. The maximum absolute atomic E-state index is 13.8. The molecule has 0 atom stereocenters. The number of benzene rings is 1. The van der Waals surface area contributed by atoms with Crippen molar-refractivity contribution in [2.75, 3.05) is 0 Å². The van der Waals surface area contributed by atoms with Crippen molar-refractivity contribution in [1.29, 1.82) is 0 Å². The maximum atomic E-state index is 13.8. The van der Waals surface area contributed by atoms with Gasteiger partial charge in [0.05, 0.1) is 12.2 Å². The van der Waals surface area contributed by atoms with E-state index in [0.717, 1.165) is 17.2 Å². The van der Waals surface area contributed by atoms with E-state index in [1.54, 1.807) is 26.1 Å². The molecule has 0 bridgehead atoms. The van der Waals surface area contributed by atoms with Crippen molar-refractivity contribution in [3.8, 4) is 11.1 Å². The lowest BCUT2D eigenvalue weighted by atomic mass is 10.1. The van der Waals surface area contributed by atoms with Crippen molar-refractivity contribution in [3.63, 3.8) is 0 Å². The standard InChI is InChI=1S/C17H14F2N2O2/c1-10-17(11(2)23-20-10)13-4-6-16(22)21(9-13)8-12-3-5-14(18)7-15(12)19/h3-7,9H,8H2,1-2H3. The highest BCUT2D eigenvalue weighted by Gasteiger charge is 2.13. The van der Waals surface area contributed by atoms with E-state index in [4.69, 9.17) is 4.52 Å². The average Bonchev–Trinajstić information content (AvgIpc) is 2.83. The highest BCUT2D eigenvalue weighted by atomic mass is 19.1. The minimum Gasteiger partial charge on any atom is -0.361 e. The van der Waals surface area contributed by atoms with Gasteiger partial charge in [-0.25, -0.2) is 8.78 Å². The number of hydrogen-bond acceptors (Lipinski definition) is 3. The molecule has 3 rings (SSSR count). The summed E-state index contributed by atoms with van der Waals surface area (Å²) in [5, 5.41) is 3.89. The first-order valence-electron chi connectivity index (χ1n) is 7.03. The predicted molar refractivity (Wildman–Crippen MR) is 81.1 cm³/mol. The fourth-order valence-electron chi connectivity index (χ4n) is 2.53. The minimum atomic E-state index is -0.681. The quantitative estimate of drug-likeness (QED) is 0.743. The Bertz CT molecular complexity index is 909. The molecule has 4 nitrogen and oxygen atoms in total. The fraction of sp³-hybridized carbons (Fsp3) is 0.176. The van der Waals surface area contributed by atoms with Gasteiger partial charge < -0.3 is 9.09 Å². The fourth-order valence-corrected chi connectivity index (χ4v) is 2.53. The van der Waals surface area contributed by atoms with Crippen LogP contribution in [0.1, 0.15) is 17.0 Å². The van der Waals surface area contributed by atoms with Gasteiger partial charge in [-0.1, -0.05) is 11.2 Å². The number of nitrogens with zero attached hydrogens (tertiary/aromatic N) is 2. The molecule has 23 heavy (non-hydrogen) atoms. The lowest BCUT2D eigenvalue weighted by molar-refractivity contribution is 0.393. The zero-order chi connectivity index (χ0) is 16.6. The Kier molecular flexibility index (Phi) is 3.82. The molecule has 0 unspecified atom stereocenters. The molecule has 2 heterocycles. The van der Waals surface area contributed by atoms with Crippen LogP contribution in [0, 0.1) is 25.5 Å². The molecule has 0 aliphatic carbocycles. The third-order valence-corrected chi connectivity index (χ3v) is 3.66. The Morgan fingerprint density at radius 3 is 2.61 bits per heavy atom. The van der Waals surface area contributed by atoms with Crippen LogP contribution in [0.25, 0.3) is 11.1 Å². The Labute approximate surface area is 131 Å². The van der Waals surface area contributed by atoms with Gasteiger partial charge in [-0.05, 0) is 26.0 Å². The molecule has 118 valence electrons. The smallest absolute Gasteiger partial charge is 0.250 e. The topological polar surface area (TPSA) is 48.0 Å². The van der Waals surface area contributed by atoms with Crippen LogP contribution in [0.2, 0.25) is 0 Å². The first kappa shape index (κ1) is 15.1. The summed E-state index contributed by atoms with van der Waals surface area (Å²) in [7, 11) is 0. The molecular formula is C17H14F2N2O2. The first-order valence-corrected chi connectivity index (χ1v) is 7.03. The monoisotopic (exact) mass is 316 g/mol. The Hall–Kier alpha value is -2.76. The van der Waals surface area contributed by atoms with Crippen LogP contribution in [-0.2, 0) is 6.54 Å². The third-order valence-electron chi connectivity index (χ3n) is 3.66. The van der Waals surface area contributed by atoms with Crippen LogP contribution < -0.4 is 5.56 Å². The van der Waals surface area contributed by atoms with E-state index in [0.29, 0.717) is 11.5 Å². The van der Waals surface area contributed by atoms with Gasteiger partial charge in [0.15, 0.2) is 0 Å². The zero-order valence-electron chi connectivity index (χ0n) is 12.6. The van der Waals surface area contributed by atoms with Gasteiger partial charge in [-0.15, -0.1) is 0 Å². The molecule has 0 aliphatic rings.